The van der Waals surface area contributed by atoms with E-state index in [1.807, 2.05) is 0 Å². The predicted molar refractivity (Wildman–Crippen MR) is 58.8 cm³/mol. The zero-order valence-electron chi connectivity index (χ0n) is 9.89. The normalized spacial score (nSPS) is 11.8. The van der Waals surface area contributed by atoms with Crippen LogP contribution in [0.3, 0.4) is 0 Å². The molecule has 1 aromatic heterocycles. The Hall–Kier alpha value is -2.29. The van der Waals surface area contributed by atoms with Crippen molar-refractivity contribution in [3.05, 3.63) is 24.0 Å². The van der Waals surface area contributed by atoms with Crippen LogP contribution in [0.15, 0.2) is 22.7 Å². The van der Waals surface area contributed by atoms with Crippen molar-refractivity contribution in [2.45, 2.75) is 12.8 Å². The summed E-state index contributed by atoms with van der Waals surface area (Å²) in [6.45, 7) is -1.88. The molecule has 0 amide bonds. The molecule has 0 unspecified atom stereocenters. The van der Waals surface area contributed by atoms with E-state index in [0.29, 0.717) is 0 Å². The van der Waals surface area contributed by atoms with Crippen molar-refractivity contribution in [3.63, 3.8) is 0 Å². The van der Waals surface area contributed by atoms with E-state index in [0.717, 1.165) is 6.07 Å². The van der Waals surface area contributed by atoms with Crippen molar-refractivity contribution in [1.82, 2.24) is 10.1 Å². The zero-order chi connectivity index (χ0) is 14.8. The maximum Gasteiger partial charge on any atom is 0.411 e. The minimum atomic E-state index is -4.43. The van der Waals surface area contributed by atoms with Crippen LogP contribution in [0.5, 0.6) is 11.5 Å². The molecule has 0 aliphatic heterocycles. The molecule has 6 nitrogen and oxygen atoms in total. The number of halogens is 3. The van der Waals surface area contributed by atoms with Gasteiger partial charge in [-0.3, -0.25) is 0 Å². The van der Waals surface area contributed by atoms with E-state index in [-0.39, 0.29) is 28.8 Å². The van der Waals surface area contributed by atoms with Crippen LogP contribution in [-0.4, -0.2) is 33.1 Å². The quantitative estimate of drug-likeness (QED) is 0.897. The fraction of sp³-hybridized carbons (Fsp3) is 0.273. The molecule has 108 valence electrons. The second kappa shape index (κ2) is 5.37. The third-order valence-corrected chi connectivity index (χ3v) is 2.11. The second-order valence-electron chi connectivity index (χ2n) is 3.86. The molecular formula is C11H9F3N2O4. The first kappa shape index (κ1) is 14.1. The smallest absolute Gasteiger partial charge is 0.411 e. The van der Waals surface area contributed by atoms with Crippen LogP contribution in [0.2, 0.25) is 0 Å². The van der Waals surface area contributed by atoms with E-state index in [2.05, 4.69) is 14.9 Å². The van der Waals surface area contributed by atoms with E-state index in [4.69, 9.17) is 4.52 Å². The van der Waals surface area contributed by atoms with E-state index in [9.17, 15) is 23.4 Å². The molecule has 2 aromatic rings. The molecule has 20 heavy (non-hydrogen) atoms. The van der Waals surface area contributed by atoms with Gasteiger partial charge in [-0.05, 0) is 12.1 Å². The largest absolute Gasteiger partial charge is 0.508 e. The molecule has 1 heterocycles. The Labute approximate surface area is 110 Å². The Kier molecular flexibility index (Phi) is 3.79. The van der Waals surface area contributed by atoms with Crippen molar-refractivity contribution < 1.29 is 32.6 Å². The summed E-state index contributed by atoms with van der Waals surface area (Å²) in [4.78, 5) is 3.79. The van der Waals surface area contributed by atoms with Gasteiger partial charge in [-0.25, -0.2) is 0 Å². The number of ether oxygens (including phenoxy) is 1. The number of phenols is 2. The summed E-state index contributed by atoms with van der Waals surface area (Å²) >= 11 is 0. The molecule has 0 bridgehead atoms. The number of phenolic OH excluding ortho intramolecular Hbond substituents is 2. The van der Waals surface area contributed by atoms with Gasteiger partial charge in [0.1, 0.15) is 24.7 Å². The molecule has 0 spiro atoms. The minimum Gasteiger partial charge on any atom is -0.508 e. The van der Waals surface area contributed by atoms with Gasteiger partial charge in [0.05, 0.1) is 0 Å². The van der Waals surface area contributed by atoms with Crippen LogP contribution in [-0.2, 0) is 11.3 Å². The number of rotatable bonds is 4. The highest BCUT2D eigenvalue weighted by molar-refractivity contribution is 5.58. The van der Waals surface area contributed by atoms with Crippen LogP contribution < -0.4 is 0 Å². The first-order valence-corrected chi connectivity index (χ1v) is 5.34. The van der Waals surface area contributed by atoms with Gasteiger partial charge in [0.15, 0.2) is 5.82 Å². The maximum atomic E-state index is 11.9. The van der Waals surface area contributed by atoms with Gasteiger partial charge < -0.3 is 19.5 Å². The zero-order valence-corrected chi connectivity index (χ0v) is 9.89. The standard InChI is InChI=1S/C11H9F3N2O4/c12-11(13,14)5-19-4-9-15-10(20-16-9)6-1-7(17)3-8(18)2-6/h1-3,17-18H,4-5H2. The van der Waals surface area contributed by atoms with Gasteiger partial charge in [0.2, 0.25) is 0 Å². The van der Waals surface area contributed by atoms with Crippen molar-refractivity contribution in [3.8, 4) is 23.0 Å². The minimum absolute atomic E-state index is 0.0539. The summed E-state index contributed by atoms with van der Waals surface area (Å²) in [6.07, 6.45) is -4.43. The number of aromatic nitrogens is 2. The average molecular weight is 290 g/mol. The number of benzene rings is 1. The first-order chi connectivity index (χ1) is 9.33. The van der Waals surface area contributed by atoms with Crippen LogP contribution in [0.25, 0.3) is 11.5 Å². The van der Waals surface area contributed by atoms with Gasteiger partial charge in [-0.2, -0.15) is 18.2 Å². The highest BCUT2D eigenvalue weighted by atomic mass is 19.4. The summed E-state index contributed by atoms with van der Waals surface area (Å²) in [5.74, 6) is -0.560. The van der Waals surface area contributed by atoms with E-state index in [1.54, 1.807) is 0 Å². The van der Waals surface area contributed by atoms with Gasteiger partial charge in [0, 0.05) is 11.6 Å². The SMILES string of the molecule is Oc1cc(O)cc(-c2nc(COCC(F)(F)F)no2)c1. The molecule has 0 saturated heterocycles. The Morgan fingerprint density at radius 3 is 2.40 bits per heavy atom. The molecule has 2 rings (SSSR count). The van der Waals surface area contributed by atoms with Crippen molar-refractivity contribution in [2.75, 3.05) is 6.61 Å². The summed E-state index contributed by atoms with van der Waals surface area (Å²) in [6, 6.07) is 3.62. The number of alkyl halides is 3. The molecule has 0 aliphatic rings. The van der Waals surface area contributed by atoms with Gasteiger partial charge in [-0.15, -0.1) is 0 Å². The third-order valence-electron chi connectivity index (χ3n) is 2.11. The van der Waals surface area contributed by atoms with Crippen LogP contribution >= 0.6 is 0 Å². The first-order valence-electron chi connectivity index (χ1n) is 5.34. The summed E-state index contributed by atoms with van der Waals surface area (Å²) in [7, 11) is 0. The molecule has 0 aliphatic carbocycles. The van der Waals surface area contributed by atoms with Gasteiger partial charge >= 0.3 is 6.18 Å². The van der Waals surface area contributed by atoms with E-state index < -0.39 is 19.4 Å². The van der Waals surface area contributed by atoms with Crippen LogP contribution in [0, 0.1) is 0 Å². The number of aromatic hydroxyl groups is 2. The Bertz CT molecular complexity index is 577. The fourth-order valence-electron chi connectivity index (χ4n) is 1.41. The Morgan fingerprint density at radius 2 is 1.80 bits per heavy atom. The Balaban J connectivity index is 2.05. The summed E-state index contributed by atoms with van der Waals surface area (Å²) in [5, 5.41) is 22.0. The van der Waals surface area contributed by atoms with Gasteiger partial charge in [0.25, 0.3) is 5.89 Å². The van der Waals surface area contributed by atoms with E-state index in [1.165, 1.54) is 12.1 Å². The third kappa shape index (κ3) is 3.85. The molecule has 0 atom stereocenters. The van der Waals surface area contributed by atoms with Crippen LogP contribution in [0.4, 0.5) is 13.2 Å². The Morgan fingerprint density at radius 1 is 1.15 bits per heavy atom. The summed E-state index contributed by atoms with van der Waals surface area (Å²) < 4.78 is 44.8. The summed E-state index contributed by atoms with van der Waals surface area (Å²) in [5.41, 5.74) is 0.233. The molecular weight excluding hydrogens is 281 g/mol. The van der Waals surface area contributed by atoms with Crippen molar-refractivity contribution >= 4 is 0 Å². The predicted octanol–water partition coefficient (Wildman–Crippen LogP) is 2.23. The number of hydrogen-bond donors (Lipinski definition) is 2. The maximum absolute atomic E-state index is 11.9. The fourth-order valence-corrected chi connectivity index (χ4v) is 1.41. The lowest BCUT2D eigenvalue weighted by molar-refractivity contribution is -0.177. The van der Waals surface area contributed by atoms with Crippen molar-refractivity contribution in [1.29, 1.82) is 0 Å². The van der Waals surface area contributed by atoms with E-state index >= 15 is 0 Å². The number of nitrogens with zero attached hydrogens (tertiary/aromatic N) is 2. The monoisotopic (exact) mass is 290 g/mol. The molecule has 0 saturated carbocycles. The lowest BCUT2D eigenvalue weighted by Crippen LogP contribution is -2.16. The average Bonchev–Trinajstić information content (AvgIpc) is 2.74. The lowest BCUT2D eigenvalue weighted by Gasteiger charge is -2.04. The van der Waals surface area contributed by atoms with Crippen LogP contribution in [0.1, 0.15) is 5.82 Å². The van der Waals surface area contributed by atoms with Crippen molar-refractivity contribution in [2.24, 2.45) is 0 Å². The van der Waals surface area contributed by atoms with Gasteiger partial charge in [-0.1, -0.05) is 5.16 Å². The highest BCUT2D eigenvalue weighted by Crippen LogP contribution is 2.27. The molecule has 1 aromatic carbocycles. The topological polar surface area (TPSA) is 88.6 Å². The second-order valence-corrected chi connectivity index (χ2v) is 3.86. The molecule has 2 N–H and O–H groups in total. The number of hydrogen-bond acceptors (Lipinski definition) is 6. The molecule has 9 heteroatoms. The molecule has 0 fully saturated rings. The lowest BCUT2D eigenvalue weighted by atomic mass is 10.2. The molecule has 0 radical (unpaired) electrons. The highest BCUT2D eigenvalue weighted by Gasteiger charge is 2.27.